The monoisotopic (exact) mass is 117 g/mol. The number of hydrogen-bond acceptors (Lipinski definition) is 2. The summed E-state index contributed by atoms with van der Waals surface area (Å²) in [6.45, 7) is 4.20. The molecule has 0 aromatic carbocycles. The predicted octanol–water partition coefficient (Wildman–Crippen LogP) is 1.91. The van der Waals surface area contributed by atoms with Gasteiger partial charge in [0.1, 0.15) is 0 Å². The highest BCUT2D eigenvalue weighted by molar-refractivity contribution is 7.47. The molecule has 0 amide bonds. The molecule has 0 aliphatic rings. The molecule has 2 heteroatoms. The van der Waals surface area contributed by atoms with Crippen molar-refractivity contribution in [2.24, 2.45) is 4.36 Å². The van der Waals surface area contributed by atoms with Gasteiger partial charge in [-0.2, -0.15) is 0 Å². The summed E-state index contributed by atoms with van der Waals surface area (Å²) in [5, 5.41) is 0. The Bertz CT molecular complexity index is 50.0. The van der Waals surface area contributed by atoms with Crippen LogP contribution in [0.2, 0.25) is 0 Å². The standard InChI is InChI=1S/C5H11NS/c1-3-5(4-2)6-7/h5H,3-4H2,1-2H3. The lowest BCUT2D eigenvalue weighted by Gasteiger charge is -1.99. The van der Waals surface area contributed by atoms with Crippen LogP contribution in [0.3, 0.4) is 0 Å². The van der Waals surface area contributed by atoms with Gasteiger partial charge in [0.05, 0.1) is 6.04 Å². The highest BCUT2D eigenvalue weighted by Crippen LogP contribution is 1.99. The fraction of sp³-hybridized carbons (Fsp3) is 1.00. The van der Waals surface area contributed by atoms with E-state index in [-0.39, 0.29) is 0 Å². The first-order valence-electron chi connectivity index (χ1n) is 2.67. The van der Waals surface area contributed by atoms with Crippen LogP contribution in [0.25, 0.3) is 0 Å². The third-order valence-corrected chi connectivity index (χ3v) is 1.39. The summed E-state index contributed by atoms with van der Waals surface area (Å²) in [6.07, 6.45) is 2.17. The van der Waals surface area contributed by atoms with Gasteiger partial charge in [0.25, 0.3) is 0 Å². The highest BCUT2D eigenvalue weighted by Gasteiger charge is 1.95. The zero-order valence-electron chi connectivity index (χ0n) is 4.85. The average Bonchev–Trinajstić information content (AvgIpc) is 1.72. The molecule has 0 atom stereocenters. The molecule has 0 aromatic rings. The minimum absolute atomic E-state index is 0.426. The second kappa shape index (κ2) is 4.19. The Morgan fingerprint density at radius 3 is 1.86 bits per heavy atom. The van der Waals surface area contributed by atoms with E-state index >= 15 is 0 Å². The smallest absolute Gasteiger partial charge is 0.0625 e. The molecule has 0 rings (SSSR count). The van der Waals surface area contributed by atoms with Crippen molar-refractivity contribution in [3.63, 3.8) is 0 Å². The molecule has 7 heavy (non-hydrogen) atoms. The SMILES string of the molecule is CCC(CC)N=S. The van der Waals surface area contributed by atoms with Gasteiger partial charge in [-0.15, -0.1) is 0 Å². The maximum atomic E-state index is 4.50. The molecule has 0 spiro atoms. The van der Waals surface area contributed by atoms with Crippen molar-refractivity contribution in [1.82, 2.24) is 0 Å². The van der Waals surface area contributed by atoms with Crippen LogP contribution in [-0.2, 0) is 12.4 Å². The molecule has 0 saturated heterocycles. The average molecular weight is 117 g/mol. The van der Waals surface area contributed by atoms with Crippen molar-refractivity contribution in [2.45, 2.75) is 32.7 Å². The van der Waals surface area contributed by atoms with Crippen LogP contribution >= 0.6 is 0 Å². The Hall–Kier alpha value is 0.0200. The van der Waals surface area contributed by atoms with E-state index in [2.05, 4.69) is 30.6 Å². The van der Waals surface area contributed by atoms with Gasteiger partial charge >= 0.3 is 0 Å². The van der Waals surface area contributed by atoms with Gasteiger partial charge in [0, 0.05) is 12.4 Å². The Morgan fingerprint density at radius 2 is 1.86 bits per heavy atom. The van der Waals surface area contributed by atoms with E-state index in [1.807, 2.05) is 0 Å². The lowest BCUT2D eigenvalue weighted by Crippen LogP contribution is -1.96. The first-order chi connectivity index (χ1) is 3.35. The molecule has 1 nitrogen and oxygen atoms in total. The van der Waals surface area contributed by atoms with E-state index in [0.717, 1.165) is 12.8 Å². The predicted molar refractivity (Wildman–Crippen MR) is 34.2 cm³/mol. The molecule has 0 saturated carbocycles. The summed E-state index contributed by atoms with van der Waals surface area (Å²) in [5.74, 6) is 0. The largest absolute Gasteiger partial charge is 0.216 e. The Labute approximate surface area is 50.3 Å². The molecule has 0 aliphatic carbocycles. The van der Waals surface area contributed by atoms with Gasteiger partial charge in [-0.05, 0) is 12.8 Å². The molecule has 0 fully saturated rings. The quantitative estimate of drug-likeness (QED) is 0.550. The lowest BCUT2D eigenvalue weighted by molar-refractivity contribution is 0.641. The normalized spacial score (nSPS) is 9.57. The van der Waals surface area contributed by atoms with Crippen LogP contribution < -0.4 is 0 Å². The summed E-state index contributed by atoms with van der Waals surface area (Å²) < 4.78 is 3.71. The van der Waals surface area contributed by atoms with Gasteiger partial charge in [-0.25, -0.2) is 4.36 Å². The molecule has 0 unspecified atom stereocenters. The summed E-state index contributed by atoms with van der Waals surface area (Å²) in [6, 6.07) is 0.426. The summed E-state index contributed by atoms with van der Waals surface area (Å²) >= 11 is 4.50. The van der Waals surface area contributed by atoms with E-state index < -0.39 is 0 Å². The fourth-order valence-electron chi connectivity index (χ4n) is 0.438. The van der Waals surface area contributed by atoms with Crippen LogP contribution in [0.4, 0.5) is 0 Å². The Kier molecular flexibility index (Phi) is 4.20. The van der Waals surface area contributed by atoms with Crippen molar-refractivity contribution in [1.29, 1.82) is 0 Å². The van der Waals surface area contributed by atoms with Crippen molar-refractivity contribution in [3.05, 3.63) is 0 Å². The van der Waals surface area contributed by atoms with Crippen LogP contribution in [0.15, 0.2) is 4.36 Å². The molecule has 0 radical (unpaired) electrons. The van der Waals surface area contributed by atoms with E-state index in [1.54, 1.807) is 0 Å². The van der Waals surface area contributed by atoms with E-state index in [4.69, 9.17) is 0 Å². The van der Waals surface area contributed by atoms with Gasteiger partial charge in [-0.3, -0.25) is 0 Å². The molecule has 0 N–H and O–H groups in total. The molecule has 0 bridgehead atoms. The van der Waals surface area contributed by atoms with Gasteiger partial charge in [-0.1, -0.05) is 13.8 Å². The van der Waals surface area contributed by atoms with Crippen LogP contribution in [0.5, 0.6) is 0 Å². The van der Waals surface area contributed by atoms with Crippen molar-refractivity contribution < 1.29 is 0 Å². The molecular formula is C5H11NS. The first-order valence-corrected chi connectivity index (χ1v) is 3.04. The summed E-state index contributed by atoms with van der Waals surface area (Å²) in [4.78, 5) is 0. The van der Waals surface area contributed by atoms with Gasteiger partial charge in [0.15, 0.2) is 0 Å². The minimum atomic E-state index is 0.426. The third-order valence-electron chi connectivity index (χ3n) is 1.09. The van der Waals surface area contributed by atoms with E-state index in [1.165, 1.54) is 0 Å². The number of rotatable bonds is 3. The Balaban J connectivity index is 3.16. The zero-order valence-corrected chi connectivity index (χ0v) is 5.66. The fourth-order valence-corrected chi connectivity index (χ4v) is 0.736. The van der Waals surface area contributed by atoms with Crippen molar-refractivity contribution in [2.75, 3.05) is 0 Å². The van der Waals surface area contributed by atoms with E-state index in [9.17, 15) is 0 Å². The highest BCUT2D eigenvalue weighted by atomic mass is 32.1. The van der Waals surface area contributed by atoms with Gasteiger partial charge in [0.2, 0.25) is 0 Å². The second-order valence-corrected chi connectivity index (χ2v) is 1.79. The molecule has 42 valence electrons. The second-order valence-electron chi connectivity index (χ2n) is 1.58. The molecule has 0 heterocycles. The molecular weight excluding hydrogens is 106 g/mol. The molecule has 0 aliphatic heterocycles. The van der Waals surface area contributed by atoms with E-state index in [0.29, 0.717) is 6.04 Å². The van der Waals surface area contributed by atoms with Crippen molar-refractivity contribution >= 4 is 12.4 Å². The minimum Gasteiger partial charge on any atom is -0.216 e. The third kappa shape index (κ3) is 2.68. The van der Waals surface area contributed by atoms with Crippen LogP contribution in [-0.4, -0.2) is 6.04 Å². The van der Waals surface area contributed by atoms with Crippen LogP contribution in [0, 0.1) is 0 Å². The zero-order chi connectivity index (χ0) is 5.70. The van der Waals surface area contributed by atoms with Gasteiger partial charge < -0.3 is 0 Å². The number of nitrogens with zero attached hydrogens (tertiary/aromatic N) is 1. The first kappa shape index (κ1) is 7.02. The Morgan fingerprint density at radius 1 is 1.43 bits per heavy atom. The maximum Gasteiger partial charge on any atom is 0.0625 e. The number of hydrogen-bond donors (Lipinski definition) is 0. The van der Waals surface area contributed by atoms with Crippen molar-refractivity contribution in [3.8, 4) is 0 Å². The summed E-state index contributed by atoms with van der Waals surface area (Å²) in [5.41, 5.74) is 0. The lowest BCUT2D eigenvalue weighted by atomic mass is 10.2. The topological polar surface area (TPSA) is 12.4 Å². The molecule has 0 aromatic heterocycles. The van der Waals surface area contributed by atoms with Crippen LogP contribution in [0.1, 0.15) is 26.7 Å². The maximum absolute atomic E-state index is 4.50. The summed E-state index contributed by atoms with van der Waals surface area (Å²) in [7, 11) is 0.